The maximum Gasteiger partial charge on any atom is 0.490 e. The van der Waals surface area contributed by atoms with Gasteiger partial charge in [0, 0.05) is 23.3 Å². The molecule has 2 aromatic rings. The molecule has 20 heteroatoms. The summed E-state index contributed by atoms with van der Waals surface area (Å²) < 4.78 is 97.4. The van der Waals surface area contributed by atoms with Gasteiger partial charge in [-0.3, -0.25) is 4.68 Å². The first kappa shape index (κ1) is 39.2. The smallest absolute Gasteiger partial charge is 0.475 e. The van der Waals surface area contributed by atoms with Crippen molar-refractivity contribution in [2.75, 3.05) is 12.3 Å². The van der Waals surface area contributed by atoms with Crippen LogP contribution in [0.2, 0.25) is 0 Å². The number of halogens is 9. The van der Waals surface area contributed by atoms with Gasteiger partial charge in [0.1, 0.15) is 5.52 Å². The van der Waals surface area contributed by atoms with Crippen LogP contribution in [0.25, 0.3) is 10.9 Å². The summed E-state index contributed by atoms with van der Waals surface area (Å²) in [5, 5.41) is 27.5. The predicted octanol–water partition coefficient (Wildman–Crippen LogP) is 4.48. The molecule has 43 heavy (non-hydrogen) atoms. The van der Waals surface area contributed by atoms with Gasteiger partial charge < -0.3 is 26.8 Å². The summed E-state index contributed by atoms with van der Waals surface area (Å²) in [5.74, 6) is -7.67. The lowest BCUT2D eigenvalue weighted by atomic mass is 9.91. The number of nitrogens with two attached hydrogens (primary N) is 2. The number of nitrogens with zero attached hydrogens (tertiary/aromatic N) is 3. The highest BCUT2D eigenvalue weighted by molar-refractivity contribution is 5.93. The van der Waals surface area contributed by atoms with Crippen molar-refractivity contribution in [2.24, 2.45) is 5.73 Å². The Balaban J connectivity index is 0.000000690. The van der Waals surface area contributed by atoms with Crippen LogP contribution in [0.5, 0.6) is 0 Å². The number of anilines is 1. The molecule has 0 saturated carbocycles. The predicted molar refractivity (Wildman–Crippen MR) is 132 cm³/mol. The lowest BCUT2D eigenvalue weighted by Crippen LogP contribution is -2.21. The largest absolute Gasteiger partial charge is 0.490 e. The topological polar surface area (TPSA) is 195 Å². The zero-order chi connectivity index (χ0) is 33.8. The van der Waals surface area contributed by atoms with Gasteiger partial charge in [-0.05, 0) is 63.5 Å². The minimum Gasteiger partial charge on any atom is -0.475 e. The highest BCUT2D eigenvalue weighted by atomic mass is 19.4. The van der Waals surface area contributed by atoms with E-state index in [1.807, 2.05) is 0 Å². The van der Waals surface area contributed by atoms with Gasteiger partial charge >= 0.3 is 36.4 Å². The van der Waals surface area contributed by atoms with E-state index < -0.39 is 36.4 Å². The number of carbonyl (C=O) groups is 3. The molecule has 1 aliphatic rings. The summed E-state index contributed by atoms with van der Waals surface area (Å²) in [5.41, 5.74) is 16.7. The van der Waals surface area contributed by atoms with E-state index in [0.29, 0.717) is 5.82 Å². The number of aliphatic carboxylic acids is 3. The summed E-state index contributed by atoms with van der Waals surface area (Å²) in [4.78, 5) is 31.3. The second-order valence-corrected chi connectivity index (χ2v) is 8.68. The van der Waals surface area contributed by atoms with Gasteiger partial charge in [0.05, 0.1) is 0 Å². The normalized spacial score (nSPS) is 12.9. The number of nitrogen functional groups attached to an aromatic ring is 1. The number of alkyl halides is 9. The van der Waals surface area contributed by atoms with Crippen LogP contribution in [0.3, 0.4) is 0 Å². The molecule has 0 bridgehead atoms. The molecule has 11 nitrogen and oxygen atoms in total. The van der Waals surface area contributed by atoms with Gasteiger partial charge in [-0.15, -0.1) is 0 Å². The molecule has 0 atom stereocenters. The molecule has 0 radical (unpaired) electrons. The number of aryl methyl sites for hydroxylation is 4. The van der Waals surface area contributed by atoms with E-state index in [1.165, 1.54) is 35.2 Å². The number of aromatic nitrogens is 3. The Kier molecular flexibility index (Phi) is 15.2. The van der Waals surface area contributed by atoms with Crippen molar-refractivity contribution >= 4 is 34.6 Å². The van der Waals surface area contributed by atoms with Crippen LogP contribution < -0.4 is 11.5 Å². The van der Waals surface area contributed by atoms with Crippen LogP contribution in [0, 0.1) is 0 Å². The number of carboxylic acids is 3. The Bertz CT molecular complexity index is 1170. The average Bonchev–Trinajstić information content (AvgIpc) is 3.23. The Labute approximate surface area is 237 Å². The summed E-state index contributed by atoms with van der Waals surface area (Å²) >= 11 is 0. The first-order valence-electron chi connectivity index (χ1n) is 12.4. The summed E-state index contributed by atoms with van der Waals surface area (Å²) in [6, 6.07) is 0. The molecule has 246 valence electrons. The number of unbranched alkanes of at least 4 members (excludes halogenated alkanes) is 1. The highest BCUT2D eigenvalue weighted by Crippen LogP contribution is 2.33. The maximum atomic E-state index is 10.6. The van der Waals surface area contributed by atoms with Crippen LogP contribution in [0.15, 0.2) is 0 Å². The SMILES string of the molecule is CCCn1nc2c(N)nc3c(c2c1CCCCN)CCCC3.O=C(O)C(F)(F)F.O=C(O)C(F)(F)F.O=C(O)C(F)(F)F. The number of hydrogen-bond acceptors (Lipinski definition) is 7. The minimum atomic E-state index is -5.08. The van der Waals surface area contributed by atoms with Crippen LogP contribution in [0.1, 0.15) is 56.0 Å². The molecule has 7 N–H and O–H groups in total. The Morgan fingerprint density at radius 1 is 0.837 bits per heavy atom. The van der Waals surface area contributed by atoms with Gasteiger partial charge in [0.25, 0.3) is 0 Å². The van der Waals surface area contributed by atoms with Crippen molar-refractivity contribution in [3.8, 4) is 0 Å². The number of rotatable bonds is 6. The van der Waals surface area contributed by atoms with E-state index in [1.54, 1.807) is 0 Å². The zero-order valence-electron chi connectivity index (χ0n) is 22.5. The Morgan fingerprint density at radius 3 is 1.67 bits per heavy atom. The number of pyridine rings is 1. The third-order valence-electron chi connectivity index (χ3n) is 5.33. The van der Waals surface area contributed by atoms with Crippen LogP contribution in [0.4, 0.5) is 45.3 Å². The van der Waals surface area contributed by atoms with Gasteiger partial charge in [-0.2, -0.15) is 44.6 Å². The molecular formula is C23H30F9N5O6. The molecule has 0 aromatic carbocycles. The lowest BCUT2D eigenvalue weighted by Gasteiger charge is -2.17. The van der Waals surface area contributed by atoms with Crippen molar-refractivity contribution in [3.63, 3.8) is 0 Å². The van der Waals surface area contributed by atoms with Crippen LogP contribution in [-0.4, -0.2) is 73.1 Å². The van der Waals surface area contributed by atoms with E-state index in [4.69, 9.17) is 46.3 Å². The van der Waals surface area contributed by atoms with E-state index >= 15 is 0 Å². The molecule has 0 saturated heterocycles. The molecule has 2 heterocycles. The van der Waals surface area contributed by atoms with Crippen molar-refractivity contribution in [2.45, 2.75) is 83.4 Å². The van der Waals surface area contributed by atoms with Gasteiger partial charge in [0.2, 0.25) is 0 Å². The second kappa shape index (κ2) is 16.7. The van der Waals surface area contributed by atoms with Gasteiger partial charge in [-0.25, -0.2) is 19.4 Å². The highest BCUT2D eigenvalue weighted by Gasteiger charge is 2.39. The summed E-state index contributed by atoms with van der Waals surface area (Å²) in [7, 11) is 0. The quantitative estimate of drug-likeness (QED) is 0.221. The zero-order valence-corrected chi connectivity index (χ0v) is 22.5. The number of fused-ring (bicyclic) bond motifs is 3. The monoisotopic (exact) mass is 643 g/mol. The summed E-state index contributed by atoms with van der Waals surface area (Å²) in [6.45, 7) is 3.88. The maximum absolute atomic E-state index is 10.6. The first-order valence-corrected chi connectivity index (χ1v) is 12.4. The van der Waals surface area contributed by atoms with E-state index in [-0.39, 0.29) is 0 Å². The van der Waals surface area contributed by atoms with Crippen LogP contribution >= 0.6 is 0 Å². The fraction of sp³-hybridized carbons (Fsp3) is 0.609. The molecule has 0 amide bonds. The van der Waals surface area contributed by atoms with Crippen LogP contribution in [-0.2, 0) is 40.2 Å². The Morgan fingerprint density at radius 2 is 1.28 bits per heavy atom. The molecule has 0 spiro atoms. The van der Waals surface area contributed by atoms with Crippen molar-refractivity contribution in [3.05, 3.63) is 17.0 Å². The van der Waals surface area contributed by atoms with E-state index in [2.05, 4.69) is 16.6 Å². The molecule has 0 unspecified atom stereocenters. The Hall–Kier alpha value is -3.84. The molecule has 0 aliphatic heterocycles. The first-order chi connectivity index (χ1) is 19.6. The number of hydrogen-bond donors (Lipinski definition) is 5. The molecule has 0 fully saturated rings. The molecular weight excluding hydrogens is 613 g/mol. The molecule has 1 aliphatic carbocycles. The standard InChI is InChI=1S/C17H27N5.3C2HF3O2/c1-2-11-22-14(9-5-6-10-18)15-12-7-3-4-8-13(12)20-17(19)16(15)21-22;3*3-2(4,5)1(6)7/h2-11,18H2,1H3,(H2,19,20);3*(H,6,7). The van der Waals surface area contributed by atoms with Gasteiger partial charge in [-0.1, -0.05) is 6.92 Å². The fourth-order valence-electron chi connectivity index (χ4n) is 3.56. The number of carboxylic acid groups (broad SMARTS) is 3. The minimum absolute atomic E-state index is 0.602. The lowest BCUT2D eigenvalue weighted by molar-refractivity contribution is -0.193. The second-order valence-electron chi connectivity index (χ2n) is 8.68. The third-order valence-corrected chi connectivity index (χ3v) is 5.33. The third kappa shape index (κ3) is 13.3. The summed E-state index contributed by atoms with van der Waals surface area (Å²) in [6.07, 6.45) is -6.35. The van der Waals surface area contributed by atoms with E-state index in [0.717, 1.165) is 57.1 Å². The fourth-order valence-corrected chi connectivity index (χ4v) is 3.56. The van der Waals surface area contributed by atoms with Gasteiger partial charge in [0.15, 0.2) is 5.82 Å². The molecule has 2 aromatic heterocycles. The van der Waals surface area contributed by atoms with Crippen molar-refractivity contribution < 1.29 is 69.2 Å². The molecule has 3 rings (SSSR count). The average molecular weight is 644 g/mol. The van der Waals surface area contributed by atoms with Crippen molar-refractivity contribution in [1.29, 1.82) is 0 Å². The van der Waals surface area contributed by atoms with Crippen molar-refractivity contribution in [1.82, 2.24) is 14.8 Å². The van der Waals surface area contributed by atoms with E-state index in [9.17, 15) is 39.5 Å².